The molecule has 8 nitrogen and oxygen atoms in total. The van der Waals surface area contributed by atoms with Crippen LogP contribution in [0.15, 0.2) is 18.2 Å². The van der Waals surface area contributed by atoms with Crippen molar-refractivity contribution in [1.82, 2.24) is 4.90 Å². The van der Waals surface area contributed by atoms with Gasteiger partial charge in [0, 0.05) is 24.7 Å². The smallest absolute Gasteiger partial charge is 0.308 e. The van der Waals surface area contributed by atoms with Gasteiger partial charge in [-0.3, -0.25) is 19.7 Å². The summed E-state index contributed by atoms with van der Waals surface area (Å²) in [6.45, 7) is 0.827. The van der Waals surface area contributed by atoms with Crippen LogP contribution in [-0.2, 0) is 9.53 Å². The number of benzene rings is 1. The van der Waals surface area contributed by atoms with Gasteiger partial charge in [0.15, 0.2) is 0 Å². The Morgan fingerprint density at radius 3 is 2.55 bits per heavy atom. The monoisotopic (exact) mass is 307 g/mol. The maximum absolute atomic E-state index is 12.4. The van der Waals surface area contributed by atoms with Crippen molar-refractivity contribution in [3.8, 4) is 0 Å². The van der Waals surface area contributed by atoms with Crippen LogP contribution < -0.4 is 5.73 Å². The number of ether oxygens (including phenoxy) is 1. The number of amides is 1. The third kappa shape index (κ3) is 3.16. The van der Waals surface area contributed by atoms with E-state index in [1.54, 1.807) is 4.90 Å². The molecule has 1 aromatic rings. The summed E-state index contributed by atoms with van der Waals surface area (Å²) in [5.74, 6) is -0.767. The van der Waals surface area contributed by atoms with E-state index in [1.807, 2.05) is 0 Å². The number of piperidine rings is 1. The molecular weight excluding hydrogens is 290 g/mol. The number of nitro groups is 1. The first-order valence-electron chi connectivity index (χ1n) is 6.85. The van der Waals surface area contributed by atoms with E-state index in [1.165, 1.54) is 25.3 Å². The van der Waals surface area contributed by atoms with Gasteiger partial charge in [0.1, 0.15) is 5.69 Å². The van der Waals surface area contributed by atoms with Crippen molar-refractivity contribution in [3.05, 3.63) is 33.9 Å². The number of nitrogen functional groups attached to an aromatic ring is 1. The van der Waals surface area contributed by atoms with Gasteiger partial charge >= 0.3 is 5.97 Å². The average molecular weight is 307 g/mol. The molecule has 8 heteroatoms. The zero-order valence-corrected chi connectivity index (χ0v) is 12.2. The number of esters is 1. The normalized spacial score (nSPS) is 15.4. The molecule has 2 rings (SSSR count). The summed E-state index contributed by atoms with van der Waals surface area (Å²) in [4.78, 5) is 35.7. The number of methoxy groups -OCH3 is 1. The van der Waals surface area contributed by atoms with Crippen LogP contribution in [0, 0.1) is 16.0 Å². The largest absolute Gasteiger partial charge is 0.469 e. The Balaban J connectivity index is 2.09. The van der Waals surface area contributed by atoms with E-state index in [0.717, 1.165) is 0 Å². The SMILES string of the molecule is COC(=O)C1CCN(C(=O)c2ccc(N)c([N+](=O)[O-])c2)CC1. The molecule has 0 aromatic heterocycles. The summed E-state index contributed by atoms with van der Waals surface area (Å²) in [6, 6.07) is 4.01. The van der Waals surface area contributed by atoms with Crippen molar-refractivity contribution in [3.63, 3.8) is 0 Å². The highest BCUT2D eigenvalue weighted by Crippen LogP contribution is 2.25. The molecule has 118 valence electrons. The van der Waals surface area contributed by atoms with Crippen LogP contribution in [-0.4, -0.2) is 41.9 Å². The fourth-order valence-corrected chi connectivity index (χ4v) is 2.50. The number of nitrogens with two attached hydrogens (primary N) is 1. The topological polar surface area (TPSA) is 116 Å². The maximum atomic E-state index is 12.4. The lowest BCUT2D eigenvalue weighted by Gasteiger charge is -2.30. The number of hydrogen-bond acceptors (Lipinski definition) is 6. The number of carbonyl (C=O) groups excluding carboxylic acids is 2. The molecule has 0 saturated carbocycles. The highest BCUT2D eigenvalue weighted by Gasteiger charge is 2.29. The molecule has 0 aliphatic carbocycles. The molecule has 22 heavy (non-hydrogen) atoms. The van der Waals surface area contributed by atoms with Crippen molar-refractivity contribution in [2.24, 2.45) is 5.92 Å². The second kappa shape index (κ2) is 6.42. The number of nitro benzene ring substituents is 1. The number of nitrogens with zero attached hydrogens (tertiary/aromatic N) is 2. The predicted octanol–water partition coefficient (Wildman–Crippen LogP) is 1.20. The summed E-state index contributed by atoms with van der Waals surface area (Å²) in [7, 11) is 1.34. The summed E-state index contributed by atoms with van der Waals surface area (Å²) in [5, 5.41) is 10.9. The molecule has 1 heterocycles. The van der Waals surface area contributed by atoms with Gasteiger partial charge in [0.25, 0.3) is 11.6 Å². The van der Waals surface area contributed by atoms with Crippen LogP contribution in [0.4, 0.5) is 11.4 Å². The van der Waals surface area contributed by atoms with E-state index in [2.05, 4.69) is 0 Å². The van der Waals surface area contributed by atoms with Crippen LogP contribution in [0.3, 0.4) is 0 Å². The predicted molar refractivity (Wildman–Crippen MR) is 78.2 cm³/mol. The first-order valence-corrected chi connectivity index (χ1v) is 6.85. The number of anilines is 1. The molecule has 0 spiro atoms. The minimum absolute atomic E-state index is 0.0194. The zero-order chi connectivity index (χ0) is 16.3. The molecular formula is C14H17N3O5. The summed E-state index contributed by atoms with van der Waals surface area (Å²) >= 11 is 0. The maximum Gasteiger partial charge on any atom is 0.308 e. The van der Waals surface area contributed by atoms with Gasteiger partial charge in [0.05, 0.1) is 18.0 Å². The van der Waals surface area contributed by atoms with E-state index in [0.29, 0.717) is 25.9 Å². The molecule has 1 aliphatic heterocycles. The van der Waals surface area contributed by atoms with Crippen LogP contribution in [0.2, 0.25) is 0 Å². The van der Waals surface area contributed by atoms with Gasteiger partial charge in [-0.1, -0.05) is 0 Å². The Hall–Kier alpha value is -2.64. The quantitative estimate of drug-likeness (QED) is 0.388. The van der Waals surface area contributed by atoms with Gasteiger partial charge in [-0.25, -0.2) is 0 Å². The van der Waals surface area contributed by atoms with Gasteiger partial charge in [-0.2, -0.15) is 0 Å². The minimum Gasteiger partial charge on any atom is -0.469 e. The van der Waals surface area contributed by atoms with Gasteiger partial charge in [-0.05, 0) is 25.0 Å². The van der Waals surface area contributed by atoms with Crippen molar-refractivity contribution >= 4 is 23.3 Å². The Labute approximate surface area is 127 Å². The highest BCUT2D eigenvalue weighted by molar-refractivity contribution is 5.95. The lowest BCUT2D eigenvalue weighted by Crippen LogP contribution is -2.40. The van der Waals surface area contributed by atoms with E-state index < -0.39 is 4.92 Å². The molecule has 0 bridgehead atoms. The lowest BCUT2D eigenvalue weighted by molar-refractivity contribution is -0.383. The summed E-state index contributed by atoms with van der Waals surface area (Å²) in [6.07, 6.45) is 1.05. The Morgan fingerprint density at radius 2 is 2.00 bits per heavy atom. The number of carbonyl (C=O) groups is 2. The van der Waals surface area contributed by atoms with Crippen LogP contribution in [0.5, 0.6) is 0 Å². The fraction of sp³-hybridized carbons (Fsp3) is 0.429. The van der Waals surface area contributed by atoms with E-state index in [-0.39, 0.29) is 34.7 Å². The molecule has 1 aromatic carbocycles. The average Bonchev–Trinajstić information content (AvgIpc) is 2.53. The standard InChI is InChI=1S/C14H17N3O5/c1-22-14(19)9-4-6-16(7-5-9)13(18)10-2-3-11(15)12(8-10)17(20)21/h2-3,8-9H,4-7,15H2,1H3. The lowest BCUT2D eigenvalue weighted by atomic mass is 9.96. The van der Waals surface area contributed by atoms with Crippen molar-refractivity contribution < 1.29 is 19.2 Å². The molecule has 0 unspecified atom stereocenters. The fourth-order valence-electron chi connectivity index (χ4n) is 2.50. The first-order chi connectivity index (χ1) is 10.4. The molecule has 1 amide bonds. The molecule has 0 atom stereocenters. The number of rotatable bonds is 3. The van der Waals surface area contributed by atoms with Crippen molar-refractivity contribution in [1.29, 1.82) is 0 Å². The number of likely N-dealkylation sites (tertiary alicyclic amines) is 1. The van der Waals surface area contributed by atoms with E-state index >= 15 is 0 Å². The third-order valence-corrected chi connectivity index (χ3v) is 3.79. The molecule has 1 saturated heterocycles. The Morgan fingerprint density at radius 1 is 1.36 bits per heavy atom. The minimum atomic E-state index is -0.615. The molecule has 2 N–H and O–H groups in total. The van der Waals surface area contributed by atoms with Gasteiger partial charge < -0.3 is 15.4 Å². The van der Waals surface area contributed by atoms with Crippen LogP contribution in [0.1, 0.15) is 23.2 Å². The van der Waals surface area contributed by atoms with Gasteiger partial charge in [-0.15, -0.1) is 0 Å². The summed E-state index contributed by atoms with van der Waals surface area (Å²) in [5.41, 5.74) is 5.47. The van der Waals surface area contributed by atoms with Crippen molar-refractivity contribution in [2.45, 2.75) is 12.8 Å². The first kappa shape index (κ1) is 15.7. The van der Waals surface area contributed by atoms with Crippen LogP contribution in [0.25, 0.3) is 0 Å². The Bertz CT molecular complexity index is 608. The molecule has 1 fully saturated rings. The van der Waals surface area contributed by atoms with Gasteiger partial charge in [0.2, 0.25) is 0 Å². The van der Waals surface area contributed by atoms with E-state index in [4.69, 9.17) is 10.5 Å². The van der Waals surface area contributed by atoms with Crippen molar-refractivity contribution in [2.75, 3.05) is 25.9 Å². The number of hydrogen-bond donors (Lipinski definition) is 1. The summed E-state index contributed by atoms with van der Waals surface area (Å²) < 4.78 is 4.69. The second-order valence-electron chi connectivity index (χ2n) is 5.12. The van der Waals surface area contributed by atoms with E-state index in [9.17, 15) is 19.7 Å². The molecule has 0 radical (unpaired) electrons. The zero-order valence-electron chi connectivity index (χ0n) is 12.2. The molecule has 1 aliphatic rings. The Kier molecular flexibility index (Phi) is 4.59. The third-order valence-electron chi connectivity index (χ3n) is 3.79. The van der Waals surface area contributed by atoms with Crippen LogP contribution >= 0.6 is 0 Å². The highest BCUT2D eigenvalue weighted by atomic mass is 16.6. The second-order valence-corrected chi connectivity index (χ2v) is 5.12.